The van der Waals surface area contributed by atoms with Crippen molar-refractivity contribution in [2.45, 2.75) is 31.0 Å². The molecule has 1 atom stereocenters. The minimum absolute atomic E-state index is 0.0321. The number of hydrogen-bond acceptors (Lipinski definition) is 6. The van der Waals surface area contributed by atoms with Crippen molar-refractivity contribution in [3.8, 4) is 6.07 Å². The molecule has 13 heteroatoms. The molecule has 1 aliphatic heterocycles. The summed E-state index contributed by atoms with van der Waals surface area (Å²) in [5.74, 6) is -1.81. The van der Waals surface area contributed by atoms with Gasteiger partial charge in [0.25, 0.3) is 5.60 Å². The Morgan fingerprint density at radius 1 is 1.23 bits per heavy atom. The third-order valence-corrected chi connectivity index (χ3v) is 6.64. The molecule has 3 aromatic carbocycles. The molecule has 0 saturated carbocycles. The summed E-state index contributed by atoms with van der Waals surface area (Å²) in [5.41, 5.74) is 2.82. The molecule has 0 fully saturated rings. The first kappa shape index (κ1) is 28.1. The average Bonchev–Trinajstić information content (AvgIpc) is 3.35. The van der Waals surface area contributed by atoms with Crippen LogP contribution in [0.3, 0.4) is 0 Å². The fourth-order valence-corrected chi connectivity index (χ4v) is 4.78. The van der Waals surface area contributed by atoms with Crippen molar-refractivity contribution in [1.82, 2.24) is 0 Å². The van der Waals surface area contributed by atoms with Gasteiger partial charge in [0.1, 0.15) is 6.61 Å². The second-order valence-electron chi connectivity index (χ2n) is 8.49. The summed E-state index contributed by atoms with van der Waals surface area (Å²) in [7, 11) is 0. The molecule has 1 aliphatic rings. The summed E-state index contributed by atoms with van der Waals surface area (Å²) in [5, 5.41) is 15.7. The van der Waals surface area contributed by atoms with Gasteiger partial charge in [-0.25, -0.2) is 4.39 Å². The van der Waals surface area contributed by atoms with E-state index in [1.165, 1.54) is 12.3 Å². The van der Waals surface area contributed by atoms with Crippen molar-refractivity contribution in [1.29, 1.82) is 5.26 Å². The van der Waals surface area contributed by atoms with E-state index in [4.69, 9.17) is 43.9 Å². The predicted molar refractivity (Wildman–Crippen MR) is 137 cm³/mol. The first-order chi connectivity index (χ1) is 18.5. The number of oxime groups is 2. The Kier molecular flexibility index (Phi) is 7.99. The lowest BCUT2D eigenvalue weighted by atomic mass is 9.84. The molecular formula is C26H18Cl2F4N4O3. The number of carbonyl (C=O) groups excluding carboxylic acids is 1. The van der Waals surface area contributed by atoms with E-state index in [0.29, 0.717) is 16.3 Å². The third kappa shape index (κ3) is 5.35. The molecule has 0 aliphatic carbocycles. The molecule has 1 amide bonds. The zero-order valence-corrected chi connectivity index (χ0v) is 21.4. The summed E-state index contributed by atoms with van der Waals surface area (Å²) in [6.45, 7) is 0.0593. The van der Waals surface area contributed by atoms with Crippen molar-refractivity contribution < 1.29 is 32.0 Å². The van der Waals surface area contributed by atoms with E-state index < -0.39 is 45.5 Å². The van der Waals surface area contributed by atoms with Crippen LogP contribution >= 0.6 is 23.2 Å². The fourth-order valence-electron chi connectivity index (χ4n) is 4.29. The molecule has 1 unspecified atom stereocenters. The smallest absolute Gasteiger partial charge is 0.395 e. The molecule has 0 bridgehead atoms. The molecule has 7 nitrogen and oxygen atoms in total. The van der Waals surface area contributed by atoms with Crippen LogP contribution < -0.4 is 5.73 Å². The van der Waals surface area contributed by atoms with Crippen molar-refractivity contribution in [3.63, 3.8) is 0 Å². The highest BCUT2D eigenvalue weighted by Crippen LogP contribution is 2.50. The van der Waals surface area contributed by atoms with Gasteiger partial charge in [-0.05, 0) is 34.5 Å². The van der Waals surface area contributed by atoms with Crippen LogP contribution in [0.5, 0.6) is 0 Å². The van der Waals surface area contributed by atoms with Crippen LogP contribution in [0.25, 0.3) is 10.8 Å². The van der Waals surface area contributed by atoms with Gasteiger partial charge >= 0.3 is 6.18 Å². The van der Waals surface area contributed by atoms with Gasteiger partial charge in [-0.1, -0.05) is 57.8 Å². The minimum Gasteiger partial charge on any atom is -0.395 e. The zero-order chi connectivity index (χ0) is 28.4. The van der Waals surface area contributed by atoms with E-state index in [9.17, 15) is 22.4 Å². The summed E-state index contributed by atoms with van der Waals surface area (Å²) < 4.78 is 57.5. The van der Waals surface area contributed by atoms with Crippen LogP contribution in [0, 0.1) is 17.1 Å². The number of alkyl halides is 3. The van der Waals surface area contributed by atoms with E-state index >= 15 is 0 Å². The summed E-state index contributed by atoms with van der Waals surface area (Å²) >= 11 is 11.6. The van der Waals surface area contributed by atoms with Crippen LogP contribution in [0.15, 0.2) is 52.8 Å². The Morgan fingerprint density at radius 3 is 2.51 bits per heavy atom. The maximum Gasteiger partial charge on any atom is 0.435 e. The van der Waals surface area contributed by atoms with Gasteiger partial charge in [-0.15, -0.1) is 0 Å². The second-order valence-corrected chi connectivity index (χ2v) is 9.30. The molecule has 4 rings (SSSR count). The van der Waals surface area contributed by atoms with Crippen molar-refractivity contribution in [2.24, 2.45) is 16.0 Å². The highest BCUT2D eigenvalue weighted by Gasteiger charge is 2.62. The number of halogens is 6. The van der Waals surface area contributed by atoms with Crippen LogP contribution in [0.2, 0.25) is 10.0 Å². The number of nitrogens with two attached hydrogens (primary N) is 1. The lowest BCUT2D eigenvalue weighted by Crippen LogP contribution is -2.42. The van der Waals surface area contributed by atoms with Crippen LogP contribution in [0.4, 0.5) is 17.6 Å². The maximum absolute atomic E-state index is 14.5. The molecule has 0 spiro atoms. The zero-order valence-electron chi connectivity index (χ0n) is 19.9. The fraction of sp³-hybridized carbons (Fsp3) is 0.231. The number of carbonyl (C=O) groups is 1. The van der Waals surface area contributed by atoms with E-state index in [2.05, 4.69) is 10.3 Å². The first-order valence-corrected chi connectivity index (χ1v) is 12.1. The highest BCUT2D eigenvalue weighted by atomic mass is 35.5. The number of hydrogen-bond donors (Lipinski definition) is 1. The van der Waals surface area contributed by atoms with E-state index in [1.54, 1.807) is 24.3 Å². The quantitative estimate of drug-likeness (QED) is 0.109. The van der Waals surface area contributed by atoms with Crippen LogP contribution in [-0.2, 0) is 21.7 Å². The lowest BCUT2D eigenvalue weighted by Gasteiger charge is -2.30. The van der Waals surface area contributed by atoms with Crippen molar-refractivity contribution >= 4 is 51.8 Å². The van der Waals surface area contributed by atoms with Crippen molar-refractivity contribution in [2.75, 3.05) is 6.61 Å². The Hall–Kier alpha value is -3.88. The maximum atomic E-state index is 14.5. The van der Waals surface area contributed by atoms with Gasteiger partial charge < -0.3 is 15.4 Å². The summed E-state index contributed by atoms with van der Waals surface area (Å²) in [4.78, 5) is 22.4. The number of rotatable bonds is 8. The normalized spacial score (nSPS) is 17.2. The highest BCUT2D eigenvalue weighted by molar-refractivity contribution is 6.35. The average molecular weight is 581 g/mol. The van der Waals surface area contributed by atoms with E-state index in [0.717, 1.165) is 12.1 Å². The number of amides is 1. The number of nitriles is 1. The standard InChI is InChI=1S/C26H18Cl2F4N4O3/c27-19-11-15(12-20(28)23(19)29)25(26(30,31)32)13-21(36-39-25)18-10-14(6-8-35-38-9-3-7-33)22(24(34)37)17-5-2-1-4-16(17)18/h1-2,4-5,8,10-12H,3,6,9,13H2,(H2,34,37). The molecule has 3 aromatic rings. The molecule has 2 N–H and O–H groups in total. The van der Waals surface area contributed by atoms with E-state index in [1.807, 2.05) is 6.07 Å². The van der Waals surface area contributed by atoms with Crippen molar-refractivity contribution in [3.05, 3.63) is 80.6 Å². The predicted octanol–water partition coefficient (Wildman–Crippen LogP) is 6.43. The molecule has 1 heterocycles. The van der Waals surface area contributed by atoms with Gasteiger partial charge in [0.05, 0.1) is 33.8 Å². The first-order valence-electron chi connectivity index (χ1n) is 11.3. The molecule has 202 valence electrons. The molecule has 0 aromatic heterocycles. The van der Waals surface area contributed by atoms with Crippen LogP contribution in [0.1, 0.15) is 39.9 Å². The summed E-state index contributed by atoms with van der Waals surface area (Å²) in [6.07, 6.45) is -4.30. The molecule has 39 heavy (non-hydrogen) atoms. The Labute approximate surface area is 229 Å². The monoisotopic (exact) mass is 580 g/mol. The van der Waals surface area contributed by atoms with Crippen LogP contribution in [-0.4, -0.2) is 30.6 Å². The van der Waals surface area contributed by atoms with Gasteiger partial charge in [0, 0.05) is 30.2 Å². The molecule has 0 saturated heterocycles. The summed E-state index contributed by atoms with van der Waals surface area (Å²) in [6, 6.07) is 11.5. The number of fused-ring (bicyclic) bond motifs is 1. The van der Waals surface area contributed by atoms with Gasteiger partial charge in [-0.3, -0.25) is 4.79 Å². The molecular weight excluding hydrogens is 563 g/mol. The number of benzene rings is 3. The topological polar surface area (TPSA) is 110 Å². The number of nitrogens with zero attached hydrogens (tertiary/aromatic N) is 3. The Balaban J connectivity index is 1.81. The Morgan fingerprint density at radius 2 is 1.90 bits per heavy atom. The minimum atomic E-state index is -5.00. The second kappa shape index (κ2) is 11.1. The van der Waals surface area contributed by atoms with Gasteiger partial charge in [0.2, 0.25) is 5.91 Å². The lowest BCUT2D eigenvalue weighted by molar-refractivity contribution is -0.275. The largest absolute Gasteiger partial charge is 0.435 e. The number of primary amides is 1. The Bertz CT molecular complexity index is 1530. The molecule has 0 radical (unpaired) electrons. The third-order valence-electron chi connectivity index (χ3n) is 6.09. The SMILES string of the molecule is N#CCCON=CCc1cc(C2=NOC(c3cc(Cl)c(F)c(Cl)c3)(C(F)(F)F)C2)c2ccccc2c1C(N)=O. The van der Waals surface area contributed by atoms with Gasteiger partial charge in [-0.2, -0.15) is 18.4 Å². The van der Waals surface area contributed by atoms with E-state index in [-0.39, 0.29) is 36.3 Å². The van der Waals surface area contributed by atoms with Gasteiger partial charge in [0.15, 0.2) is 5.82 Å².